The zero-order valence-corrected chi connectivity index (χ0v) is 17.8. The molecule has 2 fully saturated rings. The van der Waals surface area contributed by atoms with Gasteiger partial charge in [0.05, 0.1) is 0 Å². The molecule has 0 spiro atoms. The number of nitrogens with one attached hydrogen (secondary N) is 2. The molecule has 27 heavy (non-hydrogen) atoms. The van der Waals surface area contributed by atoms with Crippen molar-refractivity contribution in [3.63, 3.8) is 0 Å². The van der Waals surface area contributed by atoms with Gasteiger partial charge in [0.25, 0.3) is 0 Å². The molecule has 2 aliphatic rings. The second-order valence-electron chi connectivity index (χ2n) is 8.13. The van der Waals surface area contributed by atoms with E-state index in [9.17, 15) is 0 Å². The number of anilines is 1. The first-order valence-electron chi connectivity index (χ1n) is 10.0. The van der Waals surface area contributed by atoms with Gasteiger partial charge in [0.1, 0.15) is 0 Å². The topological polar surface area (TPSA) is 27.3 Å². The monoisotopic (exact) mass is 399 g/mol. The maximum Gasteiger partial charge on any atom is 0.170 e. The van der Waals surface area contributed by atoms with Crippen molar-refractivity contribution in [2.45, 2.75) is 70.6 Å². The quantitative estimate of drug-likeness (QED) is 0.688. The van der Waals surface area contributed by atoms with E-state index in [1.165, 1.54) is 48.1 Å². The molecule has 0 saturated carbocycles. The molecular weight excluding hydrogens is 370 g/mol. The highest BCUT2D eigenvalue weighted by atomic mass is 32.1. The minimum Gasteiger partial charge on any atom is -0.360 e. The van der Waals surface area contributed by atoms with Crippen LogP contribution in [0, 0.1) is 13.8 Å². The summed E-state index contributed by atoms with van der Waals surface area (Å²) in [7, 11) is 0. The number of hydrogen-bond donors (Lipinski definition) is 2. The Bertz CT molecular complexity index is 753. The maximum absolute atomic E-state index is 5.62. The van der Waals surface area contributed by atoms with Gasteiger partial charge in [-0.15, -0.1) is 11.3 Å². The molecule has 0 aliphatic carbocycles. The average Bonchev–Trinajstić information content (AvgIpc) is 3.07. The lowest BCUT2D eigenvalue weighted by atomic mass is 9.81. The summed E-state index contributed by atoms with van der Waals surface area (Å²) in [6, 6.07) is 12.8. The van der Waals surface area contributed by atoms with E-state index in [2.05, 4.69) is 65.1 Å². The molecule has 0 amide bonds. The Labute approximate surface area is 172 Å². The van der Waals surface area contributed by atoms with Crippen molar-refractivity contribution >= 4 is 34.4 Å². The molecule has 0 radical (unpaired) electrons. The Kier molecular flexibility index (Phi) is 5.81. The number of piperidine rings is 2. The van der Waals surface area contributed by atoms with Crippen LogP contribution in [-0.2, 0) is 6.54 Å². The van der Waals surface area contributed by atoms with Crippen molar-refractivity contribution in [3.8, 4) is 0 Å². The van der Waals surface area contributed by atoms with Gasteiger partial charge in [-0.1, -0.05) is 18.6 Å². The molecular formula is C22H29N3S2. The van der Waals surface area contributed by atoms with Gasteiger partial charge in [0.15, 0.2) is 5.11 Å². The van der Waals surface area contributed by atoms with Gasteiger partial charge in [-0.05, 0) is 86.5 Å². The summed E-state index contributed by atoms with van der Waals surface area (Å²) in [5.41, 5.74) is 3.61. The summed E-state index contributed by atoms with van der Waals surface area (Å²) in [4.78, 5) is 4.25. The fourth-order valence-electron chi connectivity index (χ4n) is 4.84. The van der Waals surface area contributed by atoms with Crippen LogP contribution in [0.15, 0.2) is 35.7 Å². The van der Waals surface area contributed by atoms with Crippen molar-refractivity contribution in [1.82, 2.24) is 10.2 Å². The lowest BCUT2D eigenvalue weighted by Gasteiger charge is -2.49. The Morgan fingerprint density at radius 2 is 1.85 bits per heavy atom. The molecule has 2 atom stereocenters. The number of thiocarbonyl (C=S) groups is 1. The van der Waals surface area contributed by atoms with Crippen molar-refractivity contribution in [2.24, 2.45) is 0 Å². The van der Waals surface area contributed by atoms with E-state index < -0.39 is 0 Å². The summed E-state index contributed by atoms with van der Waals surface area (Å²) < 4.78 is 0. The van der Waals surface area contributed by atoms with Crippen LogP contribution in [0.3, 0.4) is 0 Å². The van der Waals surface area contributed by atoms with Crippen molar-refractivity contribution in [1.29, 1.82) is 0 Å². The zero-order chi connectivity index (χ0) is 18.8. The van der Waals surface area contributed by atoms with Crippen LogP contribution in [0.25, 0.3) is 0 Å². The smallest absolute Gasteiger partial charge is 0.170 e. The molecule has 2 aromatic rings. The van der Waals surface area contributed by atoms with E-state index in [1.54, 1.807) is 0 Å². The molecule has 4 rings (SSSR count). The number of thiophene rings is 1. The Morgan fingerprint density at radius 1 is 1.15 bits per heavy atom. The van der Waals surface area contributed by atoms with Crippen LogP contribution in [0.5, 0.6) is 0 Å². The second kappa shape index (κ2) is 8.29. The molecule has 5 heteroatoms. The highest BCUT2D eigenvalue weighted by Gasteiger charge is 2.38. The maximum atomic E-state index is 5.62. The van der Waals surface area contributed by atoms with Crippen molar-refractivity contribution < 1.29 is 0 Å². The number of aryl methyl sites for hydroxylation is 2. The van der Waals surface area contributed by atoms with Crippen LogP contribution in [0.1, 0.15) is 48.1 Å². The Hall–Kier alpha value is -1.43. The molecule has 2 N–H and O–H groups in total. The van der Waals surface area contributed by atoms with E-state index in [1.807, 2.05) is 11.3 Å². The van der Waals surface area contributed by atoms with Crippen LogP contribution in [0.4, 0.5) is 5.69 Å². The highest BCUT2D eigenvalue weighted by molar-refractivity contribution is 7.80. The molecule has 0 unspecified atom stereocenters. The number of benzene rings is 1. The van der Waals surface area contributed by atoms with Gasteiger partial charge in [-0.25, -0.2) is 0 Å². The third-order valence-corrected chi connectivity index (χ3v) is 6.94. The largest absolute Gasteiger partial charge is 0.360 e. The fraction of sp³-hybridized carbons (Fsp3) is 0.500. The molecule has 3 heterocycles. The lowest BCUT2D eigenvalue weighted by molar-refractivity contribution is 0.0220. The van der Waals surface area contributed by atoms with E-state index in [-0.39, 0.29) is 0 Å². The summed E-state index contributed by atoms with van der Waals surface area (Å²) in [5.74, 6) is 0. The van der Waals surface area contributed by atoms with Crippen LogP contribution >= 0.6 is 23.6 Å². The van der Waals surface area contributed by atoms with Crippen molar-refractivity contribution in [2.75, 3.05) is 5.32 Å². The van der Waals surface area contributed by atoms with Gasteiger partial charge >= 0.3 is 0 Å². The Balaban J connectivity index is 1.36. The first-order chi connectivity index (χ1) is 13.1. The van der Waals surface area contributed by atoms with Crippen LogP contribution in [-0.4, -0.2) is 28.1 Å². The Morgan fingerprint density at radius 3 is 2.48 bits per heavy atom. The van der Waals surface area contributed by atoms with Crippen LogP contribution < -0.4 is 10.6 Å². The molecule has 144 valence electrons. The number of hydrogen-bond acceptors (Lipinski definition) is 3. The number of nitrogens with zero attached hydrogens (tertiary/aromatic N) is 1. The summed E-state index contributed by atoms with van der Waals surface area (Å²) >= 11 is 7.51. The van der Waals surface area contributed by atoms with Gasteiger partial charge in [0.2, 0.25) is 0 Å². The van der Waals surface area contributed by atoms with Crippen molar-refractivity contribution in [3.05, 3.63) is 51.7 Å². The average molecular weight is 400 g/mol. The van der Waals surface area contributed by atoms with Crippen LogP contribution in [0.2, 0.25) is 0 Å². The predicted octanol–water partition coefficient (Wildman–Crippen LogP) is 5.24. The summed E-state index contributed by atoms with van der Waals surface area (Å²) in [6.45, 7) is 5.36. The molecule has 1 aromatic carbocycles. The molecule has 2 bridgehead atoms. The number of fused-ring (bicyclic) bond motifs is 2. The third-order valence-electron chi connectivity index (χ3n) is 5.86. The summed E-state index contributed by atoms with van der Waals surface area (Å²) in [5, 5.41) is 9.95. The van der Waals surface area contributed by atoms with Gasteiger partial charge in [-0.3, -0.25) is 4.90 Å². The van der Waals surface area contributed by atoms with Gasteiger partial charge < -0.3 is 10.6 Å². The standard InChI is InChI=1S/C22H29N3S2/c1-15-9-16(2)11-17(10-15)23-22(26)24-18-12-19-5-3-6-20(13-18)25(19)14-21-7-4-8-27-21/h4,7-11,18-20H,3,5-6,12-14H2,1-2H3,(H2,23,24,26)/t19-,20-/m1/s1. The van der Waals surface area contributed by atoms with E-state index >= 15 is 0 Å². The van der Waals surface area contributed by atoms with E-state index in [0.717, 1.165) is 17.3 Å². The molecule has 2 aliphatic heterocycles. The molecule has 1 aromatic heterocycles. The minimum atomic E-state index is 0.478. The normalized spacial score (nSPS) is 25.2. The fourth-order valence-corrected chi connectivity index (χ4v) is 5.83. The third kappa shape index (κ3) is 4.71. The predicted molar refractivity (Wildman–Crippen MR) is 120 cm³/mol. The van der Waals surface area contributed by atoms with E-state index in [4.69, 9.17) is 12.2 Å². The summed E-state index contributed by atoms with van der Waals surface area (Å²) in [6.07, 6.45) is 6.38. The minimum absolute atomic E-state index is 0.478. The zero-order valence-electron chi connectivity index (χ0n) is 16.2. The lowest BCUT2D eigenvalue weighted by Crippen LogP contribution is -2.56. The molecule has 2 saturated heterocycles. The number of rotatable bonds is 4. The van der Waals surface area contributed by atoms with Gasteiger partial charge in [0, 0.05) is 35.2 Å². The first kappa shape index (κ1) is 18.9. The highest BCUT2D eigenvalue weighted by Crippen LogP contribution is 2.35. The van der Waals surface area contributed by atoms with E-state index in [0.29, 0.717) is 18.1 Å². The second-order valence-corrected chi connectivity index (χ2v) is 9.57. The first-order valence-corrected chi connectivity index (χ1v) is 11.3. The molecule has 3 nitrogen and oxygen atoms in total. The van der Waals surface area contributed by atoms with Gasteiger partial charge in [-0.2, -0.15) is 0 Å². The SMILES string of the molecule is Cc1cc(C)cc(NC(=S)NC2C[C@H]3CCC[C@H](C2)N3Cc2cccs2)c1.